The summed E-state index contributed by atoms with van der Waals surface area (Å²) >= 11 is 0. The van der Waals surface area contributed by atoms with E-state index in [2.05, 4.69) is 23.0 Å². The van der Waals surface area contributed by atoms with Gasteiger partial charge in [0.1, 0.15) is 5.76 Å². The summed E-state index contributed by atoms with van der Waals surface area (Å²) in [5.74, 6) is -1.69. The molecule has 1 fully saturated rings. The van der Waals surface area contributed by atoms with Gasteiger partial charge in [-0.15, -0.1) is 0 Å². The van der Waals surface area contributed by atoms with Gasteiger partial charge in [-0.25, -0.2) is 10.0 Å². The van der Waals surface area contributed by atoms with Crippen LogP contribution >= 0.6 is 10.0 Å². The number of halogens is 3. The number of ether oxygens (including phenoxy) is 1. The molecule has 24 heavy (non-hydrogen) atoms. The highest BCUT2D eigenvalue weighted by atomic mass is 32.3. The monoisotopic (exact) mass is 390 g/mol. The number of hydrogen-bond donors (Lipinski definition) is 0. The highest BCUT2D eigenvalue weighted by Crippen LogP contribution is 2.50. The first-order valence-corrected chi connectivity index (χ1v) is 11.8. The van der Waals surface area contributed by atoms with Crippen LogP contribution in [0, 0.1) is 17.8 Å². The summed E-state index contributed by atoms with van der Waals surface area (Å²) in [4.78, 5) is 12.2. The third kappa shape index (κ3) is 4.19. The van der Waals surface area contributed by atoms with Crippen molar-refractivity contribution in [3.05, 3.63) is 11.8 Å². The molecule has 0 aromatic rings. The molecular weight excluding hydrogens is 369 g/mol. The molecule has 0 aromatic carbocycles. The van der Waals surface area contributed by atoms with Gasteiger partial charge in [0.2, 0.25) is 0 Å². The van der Waals surface area contributed by atoms with Gasteiger partial charge in [0.15, 0.2) is 0 Å². The molecule has 2 rings (SSSR count). The summed E-state index contributed by atoms with van der Waals surface area (Å²) in [5.41, 5.74) is -5.48. The van der Waals surface area contributed by atoms with Crippen LogP contribution in [0.5, 0.6) is 0 Å². The second-order valence-electron chi connectivity index (χ2n) is 6.89. The zero-order chi connectivity index (χ0) is 18.3. The fraction of sp³-hybridized carbons (Fsp3) is 0.786. The number of rotatable bonds is 6. The smallest absolute Gasteiger partial charge is 0.465 e. The summed E-state index contributed by atoms with van der Waals surface area (Å²) in [5, 5.41) is 0. The lowest BCUT2D eigenvalue weighted by Gasteiger charge is -2.25. The largest absolute Gasteiger partial charge is 0.534 e. The molecule has 0 spiro atoms. The van der Waals surface area contributed by atoms with Crippen molar-refractivity contribution in [2.75, 3.05) is 31.1 Å². The molecule has 2 bridgehead atoms. The van der Waals surface area contributed by atoms with E-state index in [1.165, 1.54) is 6.08 Å². The number of carbonyl (C=O) groups excluding carboxylic acids is 1. The van der Waals surface area contributed by atoms with Crippen molar-refractivity contribution in [2.24, 2.45) is 17.8 Å². The van der Waals surface area contributed by atoms with Gasteiger partial charge >= 0.3 is 21.6 Å². The van der Waals surface area contributed by atoms with E-state index in [1.54, 1.807) is 0 Å². The Labute approximate surface area is 141 Å². The molecule has 0 saturated heterocycles. The minimum absolute atomic E-state index is 0.255. The summed E-state index contributed by atoms with van der Waals surface area (Å²) in [6.45, 7) is 0.255. The van der Waals surface area contributed by atoms with E-state index in [-0.39, 0.29) is 18.3 Å². The van der Waals surface area contributed by atoms with Crippen LogP contribution in [-0.4, -0.2) is 51.0 Å². The number of alkyl halides is 3. The number of carbonyl (C=O) groups is 1. The van der Waals surface area contributed by atoms with Crippen molar-refractivity contribution in [2.45, 2.75) is 18.3 Å². The fourth-order valence-corrected chi connectivity index (χ4v) is 4.07. The molecule has 0 amide bonds. The first kappa shape index (κ1) is 19.4. The number of esters is 1. The van der Waals surface area contributed by atoms with E-state index < -0.39 is 43.5 Å². The van der Waals surface area contributed by atoms with Crippen LogP contribution in [0.4, 0.5) is 13.2 Å². The average Bonchev–Trinajstić information content (AvgIpc) is 2.92. The molecular formula is C14H21F3O5S2. The van der Waals surface area contributed by atoms with Crippen LogP contribution in [0.25, 0.3) is 0 Å². The van der Waals surface area contributed by atoms with Gasteiger partial charge < -0.3 is 8.92 Å². The Balaban J connectivity index is 2.00. The van der Waals surface area contributed by atoms with Crippen molar-refractivity contribution in [3.63, 3.8) is 0 Å². The lowest BCUT2D eigenvalue weighted by Crippen LogP contribution is -2.28. The van der Waals surface area contributed by atoms with Gasteiger partial charge in [-0.1, -0.05) is 0 Å². The third-order valence-corrected chi connectivity index (χ3v) is 6.52. The molecule has 0 aromatic heterocycles. The van der Waals surface area contributed by atoms with Gasteiger partial charge in [0.05, 0.1) is 12.5 Å². The zero-order valence-electron chi connectivity index (χ0n) is 13.6. The molecule has 10 heteroatoms. The predicted octanol–water partition coefficient (Wildman–Crippen LogP) is 2.63. The van der Waals surface area contributed by atoms with Crippen molar-refractivity contribution in [3.8, 4) is 0 Å². The molecule has 3 atom stereocenters. The fourth-order valence-electron chi connectivity index (χ4n) is 2.96. The first-order valence-electron chi connectivity index (χ1n) is 7.37. The van der Waals surface area contributed by atoms with E-state index in [1.807, 2.05) is 0 Å². The summed E-state index contributed by atoms with van der Waals surface area (Å²) in [6, 6.07) is 0. The second-order valence-corrected chi connectivity index (χ2v) is 13.0. The highest BCUT2D eigenvalue weighted by Gasteiger charge is 2.54. The van der Waals surface area contributed by atoms with Crippen LogP contribution in [0.15, 0.2) is 11.8 Å². The highest BCUT2D eigenvalue weighted by molar-refractivity contribution is 8.32. The molecule has 140 valence electrons. The molecule has 0 aliphatic heterocycles. The number of allylic oxidation sites excluding steroid dienone is 2. The SMILES string of the molecule is CS(C)(C)CCOC(=O)C1C2C=C(OS(=O)(=O)C(F)(F)F)C1CC2. The quantitative estimate of drug-likeness (QED) is 0.396. The van der Waals surface area contributed by atoms with E-state index >= 15 is 0 Å². The van der Waals surface area contributed by atoms with Crippen LogP contribution in [0.3, 0.4) is 0 Å². The zero-order valence-corrected chi connectivity index (χ0v) is 15.3. The Hall–Kier alpha value is -0.900. The van der Waals surface area contributed by atoms with Gasteiger partial charge in [0, 0.05) is 11.7 Å². The molecule has 0 N–H and O–H groups in total. The molecule has 1 saturated carbocycles. The Kier molecular flexibility index (Phi) is 5.21. The minimum atomic E-state index is -5.71. The van der Waals surface area contributed by atoms with E-state index in [0.29, 0.717) is 12.8 Å². The summed E-state index contributed by atoms with van der Waals surface area (Å²) in [7, 11) is -6.53. The van der Waals surface area contributed by atoms with Crippen molar-refractivity contribution in [1.29, 1.82) is 0 Å². The lowest BCUT2D eigenvalue weighted by molar-refractivity contribution is -0.149. The molecule has 0 heterocycles. The van der Waals surface area contributed by atoms with Gasteiger partial charge in [-0.2, -0.15) is 21.6 Å². The Morgan fingerprint density at radius 2 is 1.88 bits per heavy atom. The van der Waals surface area contributed by atoms with Crippen LogP contribution < -0.4 is 0 Å². The normalized spacial score (nSPS) is 27.8. The molecule has 5 nitrogen and oxygen atoms in total. The van der Waals surface area contributed by atoms with Crippen molar-refractivity contribution in [1.82, 2.24) is 0 Å². The van der Waals surface area contributed by atoms with Gasteiger partial charge in [0.25, 0.3) is 0 Å². The maximum absolute atomic E-state index is 12.4. The standard InChI is InChI=1S/C14H21F3O5S2/c1-23(2,3)7-6-21-13(18)12-9-4-5-10(12)11(8-9)22-24(19,20)14(15,16)17/h8-10,12H,4-7H2,1-3H3. The predicted molar refractivity (Wildman–Crippen MR) is 85.0 cm³/mol. The van der Waals surface area contributed by atoms with Crippen LogP contribution in [-0.2, 0) is 23.8 Å². The van der Waals surface area contributed by atoms with Crippen molar-refractivity contribution < 1.29 is 35.3 Å². The van der Waals surface area contributed by atoms with Crippen LogP contribution in [0.2, 0.25) is 0 Å². The minimum Gasteiger partial charge on any atom is -0.465 e. The third-order valence-electron chi connectivity index (χ3n) is 4.15. The molecule has 0 radical (unpaired) electrons. The van der Waals surface area contributed by atoms with Gasteiger partial charge in [-0.3, -0.25) is 4.79 Å². The summed E-state index contributed by atoms with van der Waals surface area (Å²) < 4.78 is 69.1. The maximum atomic E-state index is 12.4. The second kappa shape index (κ2) is 6.44. The van der Waals surface area contributed by atoms with E-state index in [4.69, 9.17) is 4.74 Å². The Morgan fingerprint density at radius 1 is 1.25 bits per heavy atom. The van der Waals surface area contributed by atoms with E-state index in [0.717, 1.165) is 5.75 Å². The lowest BCUT2D eigenvalue weighted by atomic mass is 9.96. The van der Waals surface area contributed by atoms with Gasteiger partial charge in [-0.05, 0) is 43.6 Å². The maximum Gasteiger partial charge on any atom is 0.534 e. The Morgan fingerprint density at radius 3 is 2.42 bits per heavy atom. The Bertz CT molecular complexity index is 634. The summed E-state index contributed by atoms with van der Waals surface area (Å²) in [6.07, 6.45) is 8.57. The number of fused-ring (bicyclic) bond motifs is 2. The topological polar surface area (TPSA) is 69.7 Å². The van der Waals surface area contributed by atoms with Crippen LogP contribution in [0.1, 0.15) is 12.8 Å². The average molecular weight is 390 g/mol. The molecule has 2 aliphatic carbocycles. The molecule has 3 unspecified atom stereocenters. The number of hydrogen-bond acceptors (Lipinski definition) is 5. The van der Waals surface area contributed by atoms with Crippen molar-refractivity contribution >= 4 is 26.1 Å². The van der Waals surface area contributed by atoms with E-state index in [9.17, 15) is 26.4 Å². The molecule has 2 aliphatic rings. The first-order chi connectivity index (χ1) is 10.8.